The van der Waals surface area contributed by atoms with Crippen LogP contribution >= 0.6 is 0 Å². The predicted octanol–water partition coefficient (Wildman–Crippen LogP) is 2.14. The van der Waals surface area contributed by atoms with Crippen molar-refractivity contribution in [2.24, 2.45) is 0 Å². The Morgan fingerprint density at radius 2 is 1.95 bits per heavy atom. The molecule has 0 aliphatic rings. The van der Waals surface area contributed by atoms with Crippen LogP contribution in [0, 0.1) is 0 Å². The van der Waals surface area contributed by atoms with Crippen LogP contribution in [0.1, 0.15) is 16.1 Å². The molecule has 3 aromatic rings. The second kappa shape index (κ2) is 5.20. The number of para-hydroxylation sites is 1. The number of fused-ring (bicyclic) bond motifs is 1. The molecular formula is C16H12N2O3. The Morgan fingerprint density at radius 1 is 1.14 bits per heavy atom. The Hall–Kier alpha value is -2.95. The van der Waals surface area contributed by atoms with Crippen molar-refractivity contribution in [2.45, 2.75) is 6.54 Å². The first kappa shape index (κ1) is 13.1. The summed E-state index contributed by atoms with van der Waals surface area (Å²) < 4.78 is 1.62. The quantitative estimate of drug-likeness (QED) is 0.797. The molecule has 0 bridgehead atoms. The molecule has 3 rings (SSSR count). The van der Waals surface area contributed by atoms with E-state index in [0.717, 1.165) is 16.5 Å². The third-order valence-electron chi connectivity index (χ3n) is 3.28. The molecule has 21 heavy (non-hydrogen) atoms. The van der Waals surface area contributed by atoms with Crippen LogP contribution in [0.25, 0.3) is 10.9 Å². The van der Waals surface area contributed by atoms with Crippen LogP contribution in [-0.4, -0.2) is 20.6 Å². The zero-order chi connectivity index (χ0) is 14.8. The lowest BCUT2D eigenvalue weighted by Gasteiger charge is -2.10. The van der Waals surface area contributed by atoms with Crippen molar-refractivity contribution >= 4 is 16.9 Å². The number of rotatable bonds is 3. The van der Waals surface area contributed by atoms with Gasteiger partial charge in [0.05, 0.1) is 12.1 Å². The van der Waals surface area contributed by atoms with Gasteiger partial charge in [-0.25, -0.2) is 9.78 Å². The van der Waals surface area contributed by atoms with E-state index in [2.05, 4.69) is 4.98 Å². The highest BCUT2D eigenvalue weighted by atomic mass is 16.4. The Kier molecular flexibility index (Phi) is 3.23. The first-order valence-corrected chi connectivity index (χ1v) is 6.42. The summed E-state index contributed by atoms with van der Waals surface area (Å²) in [4.78, 5) is 26.8. The maximum Gasteiger partial charge on any atom is 0.354 e. The molecule has 5 nitrogen and oxygen atoms in total. The Bertz CT molecular complexity index is 884. The molecule has 0 fully saturated rings. The van der Waals surface area contributed by atoms with Gasteiger partial charge < -0.3 is 9.67 Å². The van der Waals surface area contributed by atoms with Crippen molar-refractivity contribution in [1.29, 1.82) is 0 Å². The molecule has 2 heterocycles. The standard InChI is InChI=1S/C16H12N2O3/c19-15-6-5-12-3-1-2-4-14(12)18(15)10-11-7-8-17-13(9-11)16(20)21/h1-9H,10H2,(H,20,21). The zero-order valence-corrected chi connectivity index (χ0v) is 11.1. The van der Waals surface area contributed by atoms with E-state index in [0.29, 0.717) is 6.54 Å². The topological polar surface area (TPSA) is 72.2 Å². The highest BCUT2D eigenvalue weighted by Crippen LogP contribution is 2.13. The van der Waals surface area contributed by atoms with E-state index in [1.807, 2.05) is 24.3 Å². The lowest BCUT2D eigenvalue weighted by Crippen LogP contribution is -2.20. The lowest BCUT2D eigenvalue weighted by atomic mass is 10.2. The summed E-state index contributed by atoms with van der Waals surface area (Å²) in [6, 6.07) is 14.1. The van der Waals surface area contributed by atoms with Crippen LogP contribution < -0.4 is 5.56 Å². The first-order chi connectivity index (χ1) is 10.1. The van der Waals surface area contributed by atoms with Gasteiger partial charge in [-0.3, -0.25) is 4.79 Å². The second-order valence-electron chi connectivity index (χ2n) is 4.67. The molecule has 5 heteroatoms. The SMILES string of the molecule is O=C(O)c1cc(Cn2c(=O)ccc3ccccc32)ccn1. The molecule has 0 atom stereocenters. The van der Waals surface area contributed by atoms with Crippen molar-refractivity contribution in [3.63, 3.8) is 0 Å². The normalized spacial score (nSPS) is 10.7. The molecule has 0 unspecified atom stereocenters. The third kappa shape index (κ3) is 2.53. The molecule has 1 N–H and O–H groups in total. The van der Waals surface area contributed by atoms with Gasteiger partial charge in [0.15, 0.2) is 0 Å². The molecule has 104 valence electrons. The van der Waals surface area contributed by atoms with E-state index in [9.17, 15) is 9.59 Å². The van der Waals surface area contributed by atoms with E-state index in [4.69, 9.17) is 5.11 Å². The number of carbonyl (C=O) groups is 1. The minimum absolute atomic E-state index is 0.0271. The van der Waals surface area contributed by atoms with Gasteiger partial charge in [0.25, 0.3) is 5.56 Å². The van der Waals surface area contributed by atoms with Crippen LogP contribution in [-0.2, 0) is 6.54 Å². The van der Waals surface area contributed by atoms with E-state index >= 15 is 0 Å². The summed E-state index contributed by atoms with van der Waals surface area (Å²) in [6.45, 7) is 0.309. The highest BCUT2D eigenvalue weighted by Gasteiger charge is 2.07. The van der Waals surface area contributed by atoms with Crippen LogP contribution in [0.15, 0.2) is 59.5 Å². The van der Waals surface area contributed by atoms with Gasteiger partial charge in [0.1, 0.15) is 5.69 Å². The maximum absolute atomic E-state index is 12.1. The third-order valence-corrected chi connectivity index (χ3v) is 3.28. The summed E-state index contributed by atoms with van der Waals surface area (Å²) in [6.07, 6.45) is 1.44. The number of benzene rings is 1. The number of pyridine rings is 2. The summed E-state index contributed by atoms with van der Waals surface area (Å²) in [5.74, 6) is -1.08. The van der Waals surface area contributed by atoms with E-state index in [-0.39, 0.29) is 11.3 Å². The monoisotopic (exact) mass is 280 g/mol. The number of aromatic carboxylic acids is 1. The van der Waals surface area contributed by atoms with E-state index < -0.39 is 5.97 Å². The number of carboxylic acids is 1. The molecule has 0 saturated heterocycles. The first-order valence-electron chi connectivity index (χ1n) is 6.42. The molecule has 0 aliphatic heterocycles. The molecule has 0 aliphatic carbocycles. The number of nitrogens with zero attached hydrogens (tertiary/aromatic N) is 2. The summed E-state index contributed by atoms with van der Waals surface area (Å²) in [5.41, 5.74) is 1.39. The van der Waals surface area contributed by atoms with Gasteiger partial charge in [-0.15, -0.1) is 0 Å². The number of hydrogen-bond acceptors (Lipinski definition) is 3. The highest BCUT2D eigenvalue weighted by molar-refractivity contribution is 5.85. The van der Waals surface area contributed by atoms with Crippen molar-refractivity contribution in [3.05, 3.63) is 76.3 Å². The molecule has 0 radical (unpaired) electrons. The summed E-state index contributed by atoms with van der Waals surface area (Å²) in [5, 5.41) is 9.93. The predicted molar refractivity (Wildman–Crippen MR) is 78.5 cm³/mol. The summed E-state index contributed by atoms with van der Waals surface area (Å²) in [7, 11) is 0. The minimum Gasteiger partial charge on any atom is -0.477 e. The minimum atomic E-state index is -1.08. The van der Waals surface area contributed by atoms with Crippen LogP contribution in [0.5, 0.6) is 0 Å². The molecule has 0 spiro atoms. The fourth-order valence-corrected chi connectivity index (χ4v) is 2.28. The van der Waals surface area contributed by atoms with Crippen LogP contribution in [0.3, 0.4) is 0 Å². The van der Waals surface area contributed by atoms with E-state index in [1.165, 1.54) is 18.3 Å². The average Bonchev–Trinajstić information content (AvgIpc) is 2.50. The Morgan fingerprint density at radius 3 is 2.76 bits per heavy atom. The van der Waals surface area contributed by atoms with Crippen LogP contribution in [0.2, 0.25) is 0 Å². The smallest absolute Gasteiger partial charge is 0.354 e. The van der Waals surface area contributed by atoms with Gasteiger partial charge in [-0.05, 0) is 35.2 Å². The second-order valence-corrected chi connectivity index (χ2v) is 4.67. The van der Waals surface area contributed by atoms with Gasteiger partial charge in [-0.2, -0.15) is 0 Å². The van der Waals surface area contributed by atoms with Crippen LogP contribution in [0.4, 0.5) is 0 Å². The molecule has 0 saturated carbocycles. The molecular weight excluding hydrogens is 268 g/mol. The van der Waals surface area contributed by atoms with Crippen molar-refractivity contribution in [2.75, 3.05) is 0 Å². The summed E-state index contributed by atoms with van der Waals surface area (Å²) >= 11 is 0. The number of aromatic nitrogens is 2. The van der Waals surface area contributed by atoms with Crippen molar-refractivity contribution in [3.8, 4) is 0 Å². The fraction of sp³-hybridized carbons (Fsp3) is 0.0625. The Labute approximate surface area is 120 Å². The molecule has 0 amide bonds. The number of carboxylic acid groups (broad SMARTS) is 1. The van der Waals surface area contributed by atoms with E-state index in [1.54, 1.807) is 16.7 Å². The van der Waals surface area contributed by atoms with Gasteiger partial charge in [0.2, 0.25) is 0 Å². The lowest BCUT2D eigenvalue weighted by molar-refractivity contribution is 0.0690. The molecule has 2 aromatic heterocycles. The largest absolute Gasteiger partial charge is 0.477 e. The van der Waals surface area contributed by atoms with Gasteiger partial charge in [-0.1, -0.05) is 18.2 Å². The van der Waals surface area contributed by atoms with Crippen molar-refractivity contribution < 1.29 is 9.90 Å². The molecule has 1 aromatic carbocycles. The van der Waals surface area contributed by atoms with Crippen molar-refractivity contribution in [1.82, 2.24) is 9.55 Å². The van der Waals surface area contributed by atoms with Gasteiger partial charge in [0, 0.05) is 12.3 Å². The zero-order valence-electron chi connectivity index (χ0n) is 11.1. The fourth-order valence-electron chi connectivity index (χ4n) is 2.28. The maximum atomic E-state index is 12.1. The van der Waals surface area contributed by atoms with Gasteiger partial charge >= 0.3 is 5.97 Å². The Balaban J connectivity index is 2.10. The number of hydrogen-bond donors (Lipinski definition) is 1. The average molecular weight is 280 g/mol.